The highest BCUT2D eigenvalue weighted by atomic mass is 19.1. The van der Waals surface area contributed by atoms with E-state index in [1.165, 1.54) is 11.6 Å². The third-order valence-electron chi connectivity index (χ3n) is 4.23. The van der Waals surface area contributed by atoms with E-state index in [2.05, 4.69) is 36.5 Å². The van der Waals surface area contributed by atoms with Crippen LogP contribution in [0.3, 0.4) is 0 Å². The second kappa shape index (κ2) is 7.03. The largest absolute Gasteiger partial charge is 0.372 e. The number of ether oxygens (including phenoxy) is 1. The topological polar surface area (TPSA) is 21.3 Å². The fourth-order valence-electron chi connectivity index (χ4n) is 2.86. The number of hydrogen-bond donors (Lipinski definition) is 1. The van der Waals surface area contributed by atoms with Crippen LogP contribution in [-0.4, -0.2) is 19.2 Å². The summed E-state index contributed by atoms with van der Waals surface area (Å²) in [6, 6.07) is 13.4. The molecule has 22 heavy (non-hydrogen) atoms. The van der Waals surface area contributed by atoms with Crippen LogP contribution in [0, 0.1) is 5.82 Å². The molecule has 0 unspecified atom stereocenters. The Hall–Kier alpha value is -1.71. The van der Waals surface area contributed by atoms with Crippen molar-refractivity contribution in [1.29, 1.82) is 0 Å². The Morgan fingerprint density at radius 1 is 1.18 bits per heavy atom. The van der Waals surface area contributed by atoms with E-state index in [-0.39, 0.29) is 11.9 Å². The smallest absolute Gasteiger partial charge is 0.123 e. The molecule has 3 rings (SSSR count). The SMILES string of the molecule is CCc1ccc(-c2ccc(F)cc2CO[C@H]2CCNC2)cc1. The number of rotatable bonds is 5. The Morgan fingerprint density at radius 2 is 2.00 bits per heavy atom. The second-order valence-corrected chi connectivity index (χ2v) is 5.78. The van der Waals surface area contributed by atoms with Crippen molar-refractivity contribution in [1.82, 2.24) is 5.32 Å². The molecule has 2 aromatic carbocycles. The van der Waals surface area contributed by atoms with Gasteiger partial charge in [-0.2, -0.15) is 0 Å². The van der Waals surface area contributed by atoms with Crippen LogP contribution >= 0.6 is 0 Å². The van der Waals surface area contributed by atoms with Crippen LogP contribution in [0.25, 0.3) is 11.1 Å². The van der Waals surface area contributed by atoms with Gasteiger partial charge in [-0.25, -0.2) is 4.39 Å². The standard InChI is InChI=1S/C19H22FNO/c1-2-14-3-5-15(6-4-14)19-8-7-17(20)11-16(19)13-22-18-9-10-21-12-18/h3-8,11,18,21H,2,9-10,12-13H2,1H3/t18-/m0/s1. The van der Waals surface area contributed by atoms with E-state index < -0.39 is 0 Å². The number of halogens is 1. The van der Waals surface area contributed by atoms with Crippen molar-refractivity contribution in [2.24, 2.45) is 0 Å². The summed E-state index contributed by atoms with van der Waals surface area (Å²) in [6.07, 6.45) is 2.28. The molecular formula is C19H22FNO. The third kappa shape index (κ3) is 3.54. The zero-order valence-corrected chi connectivity index (χ0v) is 12.9. The molecule has 1 fully saturated rings. The van der Waals surface area contributed by atoms with Gasteiger partial charge in [-0.3, -0.25) is 0 Å². The Bertz CT molecular complexity index is 618. The van der Waals surface area contributed by atoms with Crippen molar-refractivity contribution in [2.45, 2.75) is 32.5 Å². The predicted octanol–water partition coefficient (Wildman–Crippen LogP) is 3.93. The van der Waals surface area contributed by atoms with Crippen molar-refractivity contribution in [3.05, 3.63) is 59.4 Å². The maximum Gasteiger partial charge on any atom is 0.123 e. The molecule has 1 aliphatic heterocycles. The maximum atomic E-state index is 13.6. The van der Waals surface area contributed by atoms with Crippen molar-refractivity contribution < 1.29 is 9.13 Å². The maximum absolute atomic E-state index is 13.6. The van der Waals surface area contributed by atoms with Gasteiger partial charge in [0.15, 0.2) is 0 Å². The summed E-state index contributed by atoms with van der Waals surface area (Å²) in [5, 5.41) is 3.28. The van der Waals surface area contributed by atoms with Gasteiger partial charge in [-0.05, 0) is 53.8 Å². The lowest BCUT2D eigenvalue weighted by Crippen LogP contribution is -2.16. The van der Waals surface area contributed by atoms with Crippen LogP contribution in [0.15, 0.2) is 42.5 Å². The summed E-state index contributed by atoms with van der Waals surface area (Å²) < 4.78 is 19.5. The summed E-state index contributed by atoms with van der Waals surface area (Å²) in [4.78, 5) is 0. The van der Waals surface area contributed by atoms with Gasteiger partial charge in [0.2, 0.25) is 0 Å². The molecule has 0 radical (unpaired) electrons. The fraction of sp³-hybridized carbons (Fsp3) is 0.368. The highest BCUT2D eigenvalue weighted by molar-refractivity contribution is 5.67. The molecule has 1 saturated heterocycles. The summed E-state index contributed by atoms with van der Waals surface area (Å²) in [5.41, 5.74) is 4.38. The minimum atomic E-state index is -0.211. The summed E-state index contributed by atoms with van der Waals surface area (Å²) in [6.45, 7) is 4.48. The van der Waals surface area contributed by atoms with Crippen LogP contribution in [0.5, 0.6) is 0 Å². The second-order valence-electron chi connectivity index (χ2n) is 5.78. The molecule has 0 aromatic heterocycles. The van der Waals surface area contributed by atoms with Gasteiger partial charge < -0.3 is 10.1 Å². The van der Waals surface area contributed by atoms with E-state index in [1.54, 1.807) is 6.07 Å². The molecule has 116 valence electrons. The van der Waals surface area contributed by atoms with Crippen LogP contribution in [0.2, 0.25) is 0 Å². The first-order chi connectivity index (χ1) is 10.8. The monoisotopic (exact) mass is 299 g/mol. The number of benzene rings is 2. The van der Waals surface area contributed by atoms with Crippen molar-refractivity contribution in [3.63, 3.8) is 0 Å². The van der Waals surface area contributed by atoms with Crippen LogP contribution in [0.1, 0.15) is 24.5 Å². The number of aryl methyl sites for hydroxylation is 1. The first kappa shape index (κ1) is 15.2. The molecule has 0 bridgehead atoms. The first-order valence-corrected chi connectivity index (χ1v) is 7.96. The summed E-state index contributed by atoms with van der Waals surface area (Å²) in [5.74, 6) is -0.211. The van der Waals surface area contributed by atoms with Gasteiger partial charge in [-0.15, -0.1) is 0 Å². The fourth-order valence-corrected chi connectivity index (χ4v) is 2.86. The average molecular weight is 299 g/mol. The molecule has 2 aromatic rings. The molecule has 0 saturated carbocycles. The Balaban J connectivity index is 1.82. The van der Waals surface area contributed by atoms with E-state index in [9.17, 15) is 4.39 Å². The zero-order valence-electron chi connectivity index (χ0n) is 12.9. The quantitative estimate of drug-likeness (QED) is 0.903. The van der Waals surface area contributed by atoms with E-state index >= 15 is 0 Å². The number of hydrogen-bond acceptors (Lipinski definition) is 2. The molecule has 3 heteroatoms. The van der Waals surface area contributed by atoms with E-state index in [0.717, 1.165) is 42.6 Å². The van der Waals surface area contributed by atoms with Crippen molar-refractivity contribution in [2.75, 3.05) is 13.1 Å². The van der Waals surface area contributed by atoms with E-state index in [0.29, 0.717) is 6.61 Å². The summed E-state index contributed by atoms with van der Waals surface area (Å²) >= 11 is 0. The van der Waals surface area contributed by atoms with Crippen molar-refractivity contribution in [3.8, 4) is 11.1 Å². The van der Waals surface area contributed by atoms with Crippen LogP contribution in [0.4, 0.5) is 4.39 Å². The van der Waals surface area contributed by atoms with Gasteiger partial charge in [0.1, 0.15) is 5.82 Å². The molecule has 1 atom stereocenters. The van der Waals surface area contributed by atoms with Gasteiger partial charge in [0, 0.05) is 6.54 Å². The van der Waals surface area contributed by atoms with Gasteiger partial charge >= 0.3 is 0 Å². The summed E-state index contributed by atoms with van der Waals surface area (Å²) in [7, 11) is 0. The molecule has 2 nitrogen and oxygen atoms in total. The molecule has 0 aliphatic carbocycles. The normalized spacial score (nSPS) is 17.8. The minimum absolute atomic E-state index is 0.211. The Morgan fingerprint density at radius 3 is 2.68 bits per heavy atom. The Kier molecular flexibility index (Phi) is 4.86. The van der Waals surface area contributed by atoms with Crippen molar-refractivity contribution >= 4 is 0 Å². The van der Waals surface area contributed by atoms with Crippen LogP contribution < -0.4 is 5.32 Å². The molecule has 0 amide bonds. The molecule has 0 spiro atoms. The molecule has 1 heterocycles. The van der Waals surface area contributed by atoms with Crippen LogP contribution in [-0.2, 0) is 17.8 Å². The minimum Gasteiger partial charge on any atom is -0.372 e. The lowest BCUT2D eigenvalue weighted by atomic mass is 9.98. The van der Waals surface area contributed by atoms with Gasteiger partial charge in [0.05, 0.1) is 12.7 Å². The molecule has 1 aliphatic rings. The predicted molar refractivity (Wildman–Crippen MR) is 87.3 cm³/mol. The lowest BCUT2D eigenvalue weighted by Gasteiger charge is -2.14. The Labute approximate surface area is 131 Å². The first-order valence-electron chi connectivity index (χ1n) is 7.96. The van der Waals surface area contributed by atoms with E-state index in [1.807, 2.05) is 6.07 Å². The highest BCUT2D eigenvalue weighted by Gasteiger charge is 2.16. The average Bonchev–Trinajstić information content (AvgIpc) is 3.07. The zero-order chi connectivity index (χ0) is 15.4. The third-order valence-corrected chi connectivity index (χ3v) is 4.23. The lowest BCUT2D eigenvalue weighted by molar-refractivity contribution is 0.0543. The molecular weight excluding hydrogens is 277 g/mol. The van der Waals surface area contributed by atoms with E-state index in [4.69, 9.17) is 4.74 Å². The molecule has 1 N–H and O–H groups in total. The van der Waals surface area contributed by atoms with Gasteiger partial charge in [0.25, 0.3) is 0 Å². The number of nitrogens with one attached hydrogen (secondary N) is 1. The highest BCUT2D eigenvalue weighted by Crippen LogP contribution is 2.26. The van der Waals surface area contributed by atoms with Gasteiger partial charge in [-0.1, -0.05) is 37.3 Å².